The Labute approximate surface area is 278 Å². The predicted molar refractivity (Wildman–Crippen MR) is 170 cm³/mol. The van der Waals surface area contributed by atoms with Crippen molar-refractivity contribution in [2.75, 3.05) is 16.9 Å². The molecular formula is C35H27Cl2FN2O7. The van der Waals surface area contributed by atoms with Crippen LogP contribution in [0.4, 0.5) is 15.8 Å². The molecule has 6 atom stereocenters. The maximum atomic E-state index is 14.4. The summed E-state index contributed by atoms with van der Waals surface area (Å²) >= 11 is 14.7. The van der Waals surface area contributed by atoms with E-state index in [4.69, 9.17) is 27.9 Å². The van der Waals surface area contributed by atoms with E-state index in [1.54, 1.807) is 24.3 Å². The number of Topliss-reactive ketones (excluding diaryl/α,β-unsaturated/α-hetero) is 1. The Hall–Kier alpha value is -4.54. The van der Waals surface area contributed by atoms with Crippen LogP contribution in [-0.4, -0.2) is 51.4 Å². The lowest BCUT2D eigenvalue weighted by Crippen LogP contribution is -2.60. The smallest absolute Gasteiger partial charge is 0.258 e. The van der Waals surface area contributed by atoms with Crippen molar-refractivity contribution < 1.29 is 38.2 Å². The summed E-state index contributed by atoms with van der Waals surface area (Å²) in [6.45, 7) is 1.41. The number of carbonyl (C=O) groups is 5. The van der Waals surface area contributed by atoms with E-state index < -0.39 is 62.9 Å². The second kappa shape index (κ2) is 10.7. The Morgan fingerprint density at radius 2 is 1.53 bits per heavy atom. The number of halogens is 3. The van der Waals surface area contributed by atoms with Gasteiger partial charge in [-0.15, -0.1) is 23.2 Å². The number of rotatable bonds is 5. The minimum absolute atomic E-state index is 0.0642. The van der Waals surface area contributed by atoms with Crippen molar-refractivity contribution in [3.05, 3.63) is 95.3 Å². The average Bonchev–Trinajstić information content (AvgIpc) is 3.39. The van der Waals surface area contributed by atoms with E-state index in [-0.39, 0.29) is 35.8 Å². The summed E-state index contributed by atoms with van der Waals surface area (Å²) in [7, 11) is 1.38. The minimum Gasteiger partial charge on any atom is -0.504 e. The highest BCUT2D eigenvalue weighted by molar-refractivity contribution is 6.58. The first-order valence-corrected chi connectivity index (χ1v) is 15.7. The molecule has 1 saturated carbocycles. The van der Waals surface area contributed by atoms with Crippen LogP contribution in [0.1, 0.15) is 41.6 Å². The van der Waals surface area contributed by atoms with Gasteiger partial charge in [0.1, 0.15) is 5.82 Å². The van der Waals surface area contributed by atoms with Gasteiger partial charge in [0, 0.05) is 11.5 Å². The Morgan fingerprint density at radius 3 is 2.15 bits per heavy atom. The number of phenolic OH excluding ortho intramolecular Hbond substituents is 1. The summed E-state index contributed by atoms with van der Waals surface area (Å²) in [6, 6.07) is 15.4. The number of carbonyl (C=O) groups excluding carboxylic acids is 5. The third kappa shape index (κ3) is 4.24. The zero-order valence-corrected chi connectivity index (χ0v) is 26.6. The van der Waals surface area contributed by atoms with E-state index in [0.717, 1.165) is 21.9 Å². The molecule has 2 aliphatic carbocycles. The van der Waals surface area contributed by atoms with Gasteiger partial charge in [-0.25, -0.2) is 9.29 Å². The van der Waals surface area contributed by atoms with Gasteiger partial charge in [-0.05, 0) is 91.9 Å². The SMILES string of the molecule is COc1ccc(C2C3=CCC4C(=O)N(c5ccc(C(C)=O)cc5)C(=O)C4C3CC3(Cl)C(=O)N(c4ccc(F)cc4)C(=O)C23Cl)cc1O. The van der Waals surface area contributed by atoms with E-state index in [9.17, 15) is 33.5 Å². The second-order valence-electron chi connectivity index (χ2n) is 12.3. The molecule has 3 aromatic carbocycles. The van der Waals surface area contributed by atoms with E-state index in [1.165, 1.54) is 50.4 Å². The standard InChI is InChI=1S/C35H27Cl2FN2O7/c1-17(41)18-3-8-21(9-4-18)39-30(43)24-13-12-23-25(28(24)31(39)44)16-34(36)32(45)40(22-10-6-20(38)7-11-22)33(46)35(34,37)29(23)19-5-14-27(47-2)26(42)15-19/h3-12,14-15,24-25,28-29,42H,13,16H2,1-2H3. The van der Waals surface area contributed by atoms with Crippen LogP contribution in [-0.2, 0) is 19.2 Å². The van der Waals surface area contributed by atoms with Gasteiger partial charge < -0.3 is 9.84 Å². The topological polar surface area (TPSA) is 121 Å². The Balaban J connectivity index is 1.37. The molecule has 9 nitrogen and oxygen atoms in total. The first-order chi connectivity index (χ1) is 22.3. The summed E-state index contributed by atoms with van der Waals surface area (Å²) in [4.78, 5) is 66.3. The first kappa shape index (κ1) is 31.1. The van der Waals surface area contributed by atoms with Crippen molar-refractivity contribution in [3.63, 3.8) is 0 Å². The Bertz CT molecular complexity index is 1930. The third-order valence-electron chi connectivity index (χ3n) is 9.96. The Kier molecular flexibility index (Phi) is 7.11. The van der Waals surface area contributed by atoms with Gasteiger partial charge in [-0.2, -0.15) is 0 Å². The minimum atomic E-state index is -2.13. The summed E-state index contributed by atoms with van der Waals surface area (Å²) in [5, 5.41) is 10.8. The fraction of sp³-hybridized carbons (Fsp3) is 0.286. The number of allylic oxidation sites excluding steroid dienone is 2. The molecule has 0 bridgehead atoms. The quantitative estimate of drug-likeness (QED) is 0.164. The number of hydrogen-bond donors (Lipinski definition) is 1. The van der Waals surface area contributed by atoms with Gasteiger partial charge in [0.05, 0.1) is 30.3 Å². The van der Waals surface area contributed by atoms with E-state index in [1.807, 2.05) is 0 Å². The lowest BCUT2D eigenvalue weighted by Gasteiger charge is -2.50. The van der Waals surface area contributed by atoms with E-state index >= 15 is 0 Å². The monoisotopic (exact) mass is 676 g/mol. The lowest BCUT2D eigenvalue weighted by molar-refractivity contribution is -0.125. The van der Waals surface area contributed by atoms with Crippen LogP contribution in [0.3, 0.4) is 0 Å². The van der Waals surface area contributed by atoms with Crippen LogP contribution in [0.5, 0.6) is 11.5 Å². The molecule has 2 saturated heterocycles. The predicted octanol–water partition coefficient (Wildman–Crippen LogP) is 5.51. The first-order valence-electron chi connectivity index (χ1n) is 14.9. The molecule has 3 fully saturated rings. The van der Waals surface area contributed by atoms with Gasteiger partial charge in [0.25, 0.3) is 11.8 Å². The molecule has 0 spiro atoms. The Morgan fingerprint density at radius 1 is 0.894 bits per heavy atom. The highest BCUT2D eigenvalue weighted by Gasteiger charge is 2.76. The molecule has 1 N–H and O–H groups in total. The molecule has 7 rings (SSSR count). The van der Waals surface area contributed by atoms with E-state index in [2.05, 4.69) is 0 Å². The molecule has 12 heteroatoms. The fourth-order valence-electron chi connectivity index (χ4n) is 7.76. The molecule has 47 heavy (non-hydrogen) atoms. The number of methoxy groups -OCH3 is 1. The van der Waals surface area contributed by atoms with Crippen molar-refractivity contribution in [1.29, 1.82) is 0 Å². The summed E-state index contributed by atoms with van der Waals surface area (Å²) < 4.78 is 19.1. The summed E-state index contributed by atoms with van der Waals surface area (Å²) in [5.74, 6) is -7.09. The largest absolute Gasteiger partial charge is 0.504 e. The maximum Gasteiger partial charge on any atom is 0.258 e. The number of benzene rings is 3. The molecular weight excluding hydrogens is 650 g/mol. The van der Waals surface area contributed by atoms with Crippen molar-refractivity contribution >= 4 is 64.0 Å². The number of imide groups is 2. The number of fused-ring (bicyclic) bond motifs is 4. The van der Waals surface area contributed by atoms with Crippen LogP contribution >= 0.6 is 23.2 Å². The van der Waals surface area contributed by atoms with Gasteiger partial charge in [-0.1, -0.05) is 17.7 Å². The number of ketones is 1. The van der Waals surface area contributed by atoms with Gasteiger partial charge in [0.2, 0.25) is 11.8 Å². The third-order valence-corrected chi connectivity index (χ3v) is 11.4. The number of ether oxygens (including phenoxy) is 1. The van der Waals surface area contributed by atoms with Gasteiger partial charge in [0.15, 0.2) is 27.0 Å². The van der Waals surface area contributed by atoms with Crippen LogP contribution in [0.15, 0.2) is 78.4 Å². The van der Waals surface area contributed by atoms with Crippen molar-refractivity contribution in [1.82, 2.24) is 0 Å². The molecule has 0 radical (unpaired) electrons. The van der Waals surface area contributed by atoms with Crippen LogP contribution in [0, 0.1) is 23.6 Å². The molecule has 240 valence electrons. The molecule has 6 unspecified atom stereocenters. The van der Waals surface area contributed by atoms with Gasteiger partial charge >= 0.3 is 0 Å². The zero-order chi connectivity index (χ0) is 33.6. The highest BCUT2D eigenvalue weighted by Crippen LogP contribution is 2.66. The van der Waals surface area contributed by atoms with Crippen molar-refractivity contribution in [3.8, 4) is 11.5 Å². The molecule has 4 amide bonds. The van der Waals surface area contributed by atoms with Gasteiger partial charge in [-0.3, -0.25) is 28.9 Å². The zero-order valence-electron chi connectivity index (χ0n) is 25.1. The maximum absolute atomic E-state index is 14.4. The van der Waals surface area contributed by atoms with E-state index in [0.29, 0.717) is 22.4 Å². The average molecular weight is 678 g/mol. The molecule has 0 aromatic heterocycles. The fourth-order valence-corrected chi connectivity index (χ4v) is 8.69. The number of alkyl halides is 2. The number of anilines is 2. The molecule has 2 heterocycles. The number of hydrogen-bond acceptors (Lipinski definition) is 7. The van der Waals surface area contributed by atoms with Crippen LogP contribution in [0.25, 0.3) is 0 Å². The van der Waals surface area contributed by atoms with Crippen LogP contribution < -0.4 is 14.5 Å². The number of aromatic hydroxyl groups is 1. The molecule has 3 aromatic rings. The number of phenols is 1. The highest BCUT2D eigenvalue weighted by atomic mass is 35.5. The normalized spacial score (nSPS) is 29.8. The number of amides is 4. The number of nitrogens with zero attached hydrogens (tertiary/aromatic N) is 2. The lowest BCUT2D eigenvalue weighted by atomic mass is 9.56. The molecule has 2 aliphatic heterocycles. The summed E-state index contributed by atoms with van der Waals surface area (Å²) in [5.41, 5.74) is 1.67. The van der Waals surface area contributed by atoms with Crippen molar-refractivity contribution in [2.45, 2.75) is 35.4 Å². The van der Waals surface area contributed by atoms with Crippen molar-refractivity contribution in [2.24, 2.45) is 17.8 Å². The second-order valence-corrected chi connectivity index (χ2v) is 13.5. The summed E-state index contributed by atoms with van der Waals surface area (Å²) in [6.07, 6.45) is 1.68. The molecule has 4 aliphatic rings. The van der Waals surface area contributed by atoms with Crippen LogP contribution in [0.2, 0.25) is 0 Å².